The fourth-order valence-electron chi connectivity index (χ4n) is 1.33. The quantitative estimate of drug-likeness (QED) is 0.773. The molecular formula is C12H9Br2ClN2. The highest BCUT2D eigenvalue weighted by Crippen LogP contribution is 2.23. The predicted molar refractivity (Wildman–Crippen MR) is 78.4 cm³/mol. The van der Waals surface area contributed by atoms with E-state index >= 15 is 0 Å². The molecule has 0 amide bonds. The average molecular weight is 376 g/mol. The molecule has 0 spiro atoms. The summed E-state index contributed by atoms with van der Waals surface area (Å²) in [4.78, 5) is 4.15. The van der Waals surface area contributed by atoms with Crippen molar-refractivity contribution in [1.82, 2.24) is 4.98 Å². The molecule has 17 heavy (non-hydrogen) atoms. The van der Waals surface area contributed by atoms with E-state index in [0.717, 1.165) is 31.9 Å². The number of hydrogen-bond donors (Lipinski definition) is 1. The number of nitrogens with zero attached hydrogens (tertiary/aromatic N) is 1. The minimum Gasteiger partial charge on any atom is -0.380 e. The van der Waals surface area contributed by atoms with Gasteiger partial charge in [0.25, 0.3) is 0 Å². The van der Waals surface area contributed by atoms with Crippen molar-refractivity contribution in [2.75, 3.05) is 5.32 Å². The molecule has 1 heterocycles. The normalized spacial score (nSPS) is 10.3. The highest BCUT2D eigenvalue weighted by Gasteiger charge is 1.99. The molecule has 2 nitrogen and oxygen atoms in total. The minimum atomic E-state index is 0.721. The molecule has 2 aromatic rings. The first-order valence-electron chi connectivity index (χ1n) is 4.94. The third kappa shape index (κ3) is 3.69. The molecule has 1 aromatic heterocycles. The van der Waals surface area contributed by atoms with Gasteiger partial charge in [-0.1, -0.05) is 17.7 Å². The highest BCUT2D eigenvalue weighted by atomic mass is 79.9. The summed E-state index contributed by atoms with van der Waals surface area (Å²) in [5.74, 6) is 0. The summed E-state index contributed by atoms with van der Waals surface area (Å²) >= 11 is 12.6. The maximum atomic E-state index is 5.93. The summed E-state index contributed by atoms with van der Waals surface area (Å²) in [6, 6.07) is 9.75. The van der Waals surface area contributed by atoms with Crippen LogP contribution in [0.3, 0.4) is 0 Å². The molecule has 0 saturated heterocycles. The van der Waals surface area contributed by atoms with Gasteiger partial charge in [-0.25, -0.2) is 4.98 Å². The SMILES string of the molecule is Clc1ccc(CNc2ccc(Br)nc2)cc1Br. The van der Waals surface area contributed by atoms with E-state index in [9.17, 15) is 0 Å². The van der Waals surface area contributed by atoms with Crippen LogP contribution in [0.1, 0.15) is 5.56 Å². The lowest BCUT2D eigenvalue weighted by Gasteiger charge is -2.07. The Morgan fingerprint density at radius 1 is 1.18 bits per heavy atom. The first kappa shape index (κ1) is 12.9. The molecule has 88 valence electrons. The van der Waals surface area contributed by atoms with Gasteiger partial charge >= 0.3 is 0 Å². The smallest absolute Gasteiger partial charge is 0.106 e. The van der Waals surface area contributed by atoms with Crippen LogP contribution in [-0.4, -0.2) is 4.98 Å². The van der Waals surface area contributed by atoms with Crippen molar-refractivity contribution in [2.45, 2.75) is 6.54 Å². The molecule has 5 heteroatoms. The first-order chi connectivity index (χ1) is 8.15. The Kier molecular flexibility index (Phi) is 4.42. The standard InChI is InChI=1S/C12H9Br2ClN2/c13-10-5-8(1-3-11(10)15)6-16-9-2-4-12(14)17-7-9/h1-5,7,16H,6H2. The Labute approximate surface area is 122 Å². The fourth-order valence-corrected chi connectivity index (χ4v) is 2.11. The molecule has 1 N–H and O–H groups in total. The van der Waals surface area contributed by atoms with Gasteiger partial charge in [-0.2, -0.15) is 0 Å². The number of rotatable bonds is 3. The molecule has 2 rings (SSSR count). The van der Waals surface area contributed by atoms with Crippen LogP contribution >= 0.6 is 43.5 Å². The van der Waals surface area contributed by atoms with Crippen molar-refractivity contribution in [2.24, 2.45) is 0 Å². The van der Waals surface area contributed by atoms with Crippen molar-refractivity contribution in [1.29, 1.82) is 0 Å². The largest absolute Gasteiger partial charge is 0.380 e. The Balaban J connectivity index is 2.02. The predicted octanol–water partition coefficient (Wildman–Crippen LogP) is 4.87. The van der Waals surface area contributed by atoms with Crippen molar-refractivity contribution < 1.29 is 0 Å². The minimum absolute atomic E-state index is 0.721. The highest BCUT2D eigenvalue weighted by molar-refractivity contribution is 9.10. The third-order valence-electron chi connectivity index (χ3n) is 2.21. The van der Waals surface area contributed by atoms with Gasteiger partial charge in [-0.3, -0.25) is 0 Å². The topological polar surface area (TPSA) is 24.9 Å². The van der Waals surface area contributed by atoms with Crippen LogP contribution < -0.4 is 5.32 Å². The lowest BCUT2D eigenvalue weighted by atomic mass is 10.2. The zero-order valence-corrected chi connectivity index (χ0v) is 12.7. The molecule has 0 unspecified atom stereocenters. The molecule has 0 radical (unpaired) electrons. The second-order valence-electron chi connectivity index (χ2n) is 3.47. The van der Waals surface area contributed by atoms with Gasteiger partial charge in [0, 0.05) is 11.0 Å². The molecule has 0 bridgehead atoms. The molecule has 0 aliphatic heterocycles. The van der Waals surface area contributed by atoms with E-state index in [1.54, 1.807) is 6.20 Å². The number of nitrogens with one attached hydrogen (secondary N) is 1. The summed E-state index contributed by atoms with van der Waals surface area (Å²) in [5.41, 5.74) is 2.14. The Morgan fingerprint density at radius 2 is 2.00 bits per heavy atom. The third-order valence-corrected chi connectivity index (χ3v) is 3.89. The van der Waals surface area contributed by atoms with Crippen molar-refractivity contribution in [3.05, 3.63) is 56.2 Å². The maximum absolute atomic E-state index is 5.93. The van der Waals surface area contributed by atoms with E-state index in [-0.39, 0.29) is 0 Å². The number of halogens is 3. The van der Waals surface area contributed by atoms with Crippen molar-refractivity contribution in [3.8, 4) is 0 Å². The van der Waals surface area contributed by atoms with E-state index in [2.05, 4.69) is 42.2 Å². The van der Waals surface area contributed by atoms with Crippen LogP contribution in [0.2, 0.25) is 5.02 Å². The van der Waals surface area contributed by atoms with Gasteiger partial charge in [0.2, 0.25) is 0 Å². The number of aromatic nitrogens is 1. The second-order valence-corrected chi connectivity index (χ2v) is 5.55. The molecule has 1 aromatic carbocycles. The Hall–Kier alpha value is -0.580. The average Bonchev–Trinajstić information content (AvgIpc) is 2.33. The van der Waals surface area contributed by atoms with Crippen molar-refractivity contribution >= 4 is 49.1 Å². The maximum Gasteiger partial charge on any atom is 0.106 e. The van der Waals surface area contributed by atoms with Gasteiger partial charge in [-0.05, 0) is 61.7 Å². The van der Waals surface area contributed by atoms with Crippen LogP contribution in [0.4, 0.5) is 5.69 Å². The lowest BCUT2D eigenvalue weighted by molar-refractivity contribution is 1.13. The summed E-state index contributed by atoms with van der Waals surface area (Å²) < 4.78 is 1.74. The van der Waals surface area contributed by atoms with E-state index in [1.807, 2.05) is 30.3 Å². The van der Waals surface area contributed by atoms with E-state index < -0.39 is 0 Å². The number of anilines is 1. The van der Waals surface area contributed by atoms with Gasteiger partial charge in [0.1, 0.15) is 4.60 Å². The van der Waals surface area contributed by atoms with Crippen LogP contribution in [-0.2, 0) is 6.54 Å². The Bertz CT molecular complexity index is 514. The molecular weight excluding hydrogens is 367 g/mol. The molecule has 0 atom stereocenters. The van der Waals surface area contributed by atoms with Crippen molar-refractivity contribution in [3.63, 3.8) is 0 Å². The van der Waals surface area contributed by atoms with Gasteiger partial charge < -0.3 is 5.32 Å². The number of pyridine rings is 1. The van der Waals surface area contributed by atoms with Crippen LogP contribution in [0.25, 0.3) is 0 Å². The number of benzene rings is 1. The second kappa shape index (κ2) is 5.85. The van der Waals surface area contributed by atoms with E-state index in [4.69, 9.17) is 11.6 Å². The summed E-state index contributed by atoms with van der Waals surface area (Å²) in [6.07, 6.45) is 1.79. The Morgan fingerprint density at radius 3 is 2.65 bits per heavy atom. The van der Waals surface area contributed by atoms with E-state index in [0.29, 0.717) is 0 Å². The molecule has 0 saturated carbocycles. The zero-order valence-electron chi connectivity index (χ0n) is 8.75. The summed E-state index contributed by atoms with van der Waals surface area (Å²) in [6.45, 7) is 0.735. The first-order valence-corrected chi connectivity index (χ1v) is 6.91. The van der Waals surface area contributed by atoms with Crippen LogP contribution in [0, 0.1) is 0 Å². The van der Waals surface area contributed by atoms with Crippen LogP contribution in [0.15, 0.2) is 45.6 Å². The monoisotopic (exact) mass is 374 g/mol. The van der Waals surface area contributed by atoms with Crippen LogP contribution in [0.5, 0.6) is 0 Å². The fraction of sp³-hybridized carbons (Fsp3) is 0.0833. The number of hydrogen-bond acceptors (Lipinski definition) is 2. The van der Waals surface area contributed by atoms with E-state index in [1.165, 1.54) is 0 Å². The molecule has 0 aliphatic carbocycles. The summed E-state index contributed by atoms with van der Waals surface area (Å²) in [7, 11) is 0. The van der Waals surface area contributed by atoms with Gasteiger partial charge in [0.05, 0.1) is 16.9 Å². The molecule has 0 fully saturated rings. The lowest BCUT2D eigenvalue weighted by Crippen LogP contribution is -1.99. The zero-order chi connectivity index (χ0) is 12.3. The summed E-state index contributed by atoms with van der Waals surface area (Å²) in [5, 5.41) is 4.01. The molecule has 0 aliphatic rings. The van der Waals surface area contributed by atoms with Gasteiger partial charge in [-0.15, -0.1) is 0 Å². The van der Waals surface area contributed by atoms with Gasteiger partial charge in [0.15, 0.2) is 0 Å².